The van der Waals surface area contributed by atoms with Crippen molar-refractivity contribution in [3.63, 3.8) is 0 Å². The van der Waals surface area contributed by atoms with Crippen LogP contribution in [0.4, 0.5) is 5.69 Å². The number of nitrogens with zero attached hydrogens (tertiary/aromatic N) is 2. The molecular formula is C12H14BrN3O. The molecule has 5 heteroatoms. The van der Waals surface area contributed by atoms with Crippen molar-refractivity contribution in [3.8, 4) is 0 Å². The summed E-state index contributed by atoms with van der Waals surface area (Å²) in [5.74, 6) is 0. The number of hydrogen-bond acceptors (Lipinski definition) is 4. The third-order valence-electron chi connectivity index (χ3n) is 2.64. The molecule has 0 aliphatic carbocycles. The fourth-order valence-corrected chi connectivity index (χ4v) is 1.87. The molecule has 0 aliphatic rings. The smallest absolute Gasteiger partial charge is 0.127 e. The Kier molecular flexibility index (Phi) is 3.47. The Hall–Kier alpha value is -1.36. The Balaban J connectivity index is 2.12. The minimum Gasteiger partial charge on any atom is -0.379 e. The average molecular weight is 296 g/mol. The molecule has 90 valence electrons. The number of rotatable bonds is 3. The van der Waals surface area contributed by atoms with Gasteiger partial charge in [0.15, 0.2) is 0 Å². The van der Waals surface area contributed by atoms with Gasteiger partial charge >= 0.3 is 0 Å². The molecule has 0 bridgehead atoms. The van der Waals surface area contributed by atoms with E-state index in [2.05, 4.69) is 62.2 Å². The van der Waals surface area contributed by atoms with Crippen LogP contribution in [0.15, 0.2) is 21.2 Å². The van der Waals surface area contributed by atoms with E-state index >= 15 is 0 Å². The molecule has 1 aromatic heterocycles. The van der Waals surface area contributed by atoms with Crippen LogP contribution in [-0.4, -0.2) is 10.3 Å². The molecule has 0 saturated heterocycles. The lowest BCUT2D eigenvalue weighted by Crippen LogP contribution is -2.02. The highest BCUT2D eigenvalue weighted by Crippen LogP contribution is 2.25. The van der Waals surface area contributed by atoms with E-state index < -0.39 is 0 Å². The van der Waals surface area contributed by atoms with Crippen LogP contribution >= 0.6 is 15.9 Å². The predicted molar refractivity (Wildman–Crippen MR) is 70.0 cm³/mol. The zero-order valence-corrected chi connectivity index (χ0v) is 11.6. The molecule has 0 atom stereocenters. The summed E-state index contributed by atoms with van der Waals surface area (Å²) in [5.41, 5.74) is 5.15. The Morgan fingerprint density at radius 1 is 1.18 bits per heavy atom. The highest BCUT2D eigenvalue weighted by Gasteiger charge is 2.06. The first kappa shape index (κ1) is 12.1. The topological polar surface area (TPSA) is 51.0 Å². The van der Waals surface area contributed by atoms with E-state index in [1.165, 1.54) is 11.1 Å². The normalized spacial score (nSPS) is 10.6. The molecule has 17 heavy (non-hydrogen) atoms. The summed E-state index contributed by atoms with van der Waals surface area (Å²) in [6.07, 6.45) is 0. The first-order valence-corrected chi connectivity index (χ1v) is 6.16. The molecule has 4 nitrogen and oxygen atoms in total. The van der Waals surface area contributed by atoms with Crippen LogP contribution in [0, 0.1) is 20.8 Å². The van der Waals surface area contributed by atoms with Crippen molar-refractivity contribution in [1.82, 2.24) is 10.3 Å². The van der Waals surface area contributed by atoms with Gasteiger partial charge in [-0.15, -0.1) is 0 Å². The molecule has 0 amide bonds. The van der Waals surface area contributed by atoms with E-state index in [1.807, 2.05) is 6.92 Å². The molecule has 1 heterocycles. The fourth-order valence-electron chi connectivity index (χ4n) is 1.64. The Morgan fingerprint density at radius 2 is 1.82 bits per heavy atom. The van der Waals surface area contributed by atoms with Gasteiger partial charge in [-0.2, -0.15) is 0 Å². The third-order valence-corrected chi connectivity index (χ3v) is 3.89. The molecule has 1 aromatic carbocycles. The summed E-state index contributed by atoms with van der Waals surface area (Å²) in [5, 5.41) is 10.9. The number of halogens is 1. The van der Waals surface area contributed by atoms with E-state index in [1.54, 1.807) is 0 Å². The average Bonchev–Trinajstić information content (AvgIpc) is 2.69. The van der Waals surface area contributed by atoms with E-state index in [0.717, 1.165) is 21.5 Å². The third kappa shape index (κ3) is 2.66. The SMILES string of the molecule is Cc1cc(NCc2nonc2C)cc(C)c1Br. The number of hydrogen-bond donors (Lipinski definition) is 1. The lowest BCUT2D eigenvalue weighted by atomic mass is 10.1. The molecule has 2 aromatic rings. The van der Waals surface area contributed by atoms with Crippen molar-refractivity contribution in [1.29, 1.82) is 0 Å². The Labute approximate surface area is 109 Å². The van der Waals surface area contributed by atoms with Crippen LogP contribution in [0.5, 0.6) is 0 Å². The zero-order chi connectivity index (χ0) is 12.4. The molecular weight excluding hydrogens is 282 g/mol. The van der Waals surface area contributed by atoms with Crippen molar-refractivity contribution in [2.45, 2.75) is 27.3 Å². The van der Waals surface area contributed by atoms with Crippen LogP contribution in [0.1, 0.15) is 22.5 Å². The summed E-state index contributed by atoms with van der Waals surface area (Å²) in [6, 6.07) is 4.19. The predicted octanol–water partition coefficient (Wildman–Crippen LogP) is 3.37. The first-order valence-electron chi connectivity index (χ1n) is 5.36. The molecule has 0 fully saturated rings. The van der Waals surface area contributed by atoms with E-state index in [-0.39, 0.29) is 0 Å². The van der Waals surface area contributed by atoms with Gasteiger partial charge < -0.3 is 5.32 Å². The van der Waals surface area contributed by atoms with Crippen LogP contribution in [0.3, 0.4) is 0 Å². The highest BCUT2D eigenvalue weighted by molar-refractivity contribution is 9.10. The van der Waals surface area contributed by atoms with Gasteiger partial charge in [0.05, 0.1) is 6.54 Å². The second-order valence-corrected chi connectivity index (χ2v) is 4.87. The number of benzene rings is 1. The van der Waals surface area contributed by atoms with Crippen LogP contribution < -0.4 is 5.32 Å². The highest BCUT2D eigenvalue weighted by atomic mass is 79.9. The van der Waals surface area contributed by atoms with Crippen LogP contribution in [0.2, 0.25) is 0 Å². The van der Waals surface area contributed by atoms with Gasteiger partial charge in [0.1, 0.15) is 11.4 Å². The lowest BCUT2D eigenvalue weighted by molar-refractivity contribution is 0.301. The van der Waals surface area contributed by atoms with Gasteiger partial charge in [-0.1, -0.05) is 26.2 Å². The van der Waals surface area contributed by atoms with Crippen LogP contribution in [0.25, 0.3) is 0 Å². The quantitative estimate of drug-likeness (QED) is 0.943. The molecule has 0 saturated carbocycles. The maximum Gasteiger partial charge on any atom is 0.127 e. The summed E-state index contributed by atoms with van der Waals surface area (Å²) in [7, 11) is 0. The number of aryl methyl sites for hydroxylation is 3. The molecule has 0 aliphatic heterocycles. The monoisotopic (exact) mass is 295 g/mol. The van der Waals surface area contributed by atoms with Gasteiger partial charge in [0, 0.05) is 10.2 Å². The molecule has 0 radical (unpaired) electrons. The van der Waals surface area contributed by atoms with Crippen molar-refractivity contribution in [2.24, 2.45) is 0 Å². The summed E-state index contributed by atoms with van der Waals surface area (Å²) in [4.78, 5) is 0. The van der Waals surface area contributed by atoms with Crippen molar-refractivity contribution >= 4 is 21.6 Å². The van der Waals surface area contributed by atoms with Crippen molar-refractivity contribution in [3.05, 3.63) is 39.1 Å². The molecule has 0 spiro atoms. The number of aromatic nitrogens is 2. The van der Waals surface area contributed by atoms with Gasteiger partial charge in [0.25, 0.3) is 0 Å². The van der Waals surface area contributed by atoms with Gasteiger partial charge in [-0.25, -0.2) is 4.63 Å². The van der Waals surface area contributed by atoms with Crippen LogP contribution in [-0.2, 0) is 6.54 Å². The van der Waals surface area contributed by atoms with Crippen molar-refractivity contribution in [2.75, 3.05) is 5.32 Å². The standard InChI is InChI=1S/C12H14BrN3O/c1-7-4-10(5-8(2)12(7)13)14-6-11-9(3)15-17-16-11/h4-5,14H,6H2,1-3H3. The largest absolute Gasteiger partial charge is 0.379 e. The maximum atomic E-state index is 4.65. The van der Waals surface area contributed by atoms with E-state index in [4.69, 9.17) is 0 Å². The second kappa shape index (κ2) is 4.87. The maximum absolute atomic E-state index is 4.65. The van der Waals surface area contributed by atoms with Gasteiger partial charge in [-0.05, 0) is 44.0 Å². The fraction of sp³-hybridized carbons (Fsp3) is 0.333. The van der Waals surface area contributed by atoms with E-state index in [0.29, 0.717) is 6.54 Å². The van der Waals surface area contributed by atoms with E-state index in [9.17, 15) is 0 Å². The summed E-state index contributed by atoms with van der Waals surface area (Å²) < 4.78 is 5.81. The van der Waals surface area contributed by atoms with Crippen molar-refractivity contribution < 1.29 is 4.63 Å². The minimum absolute atomic E-state index is 0.621. The Bertz CT molecular complexity index is 513. The second-order valence-electron chi connectivity index (χ2n) is 4.07. The lowest BCUT2D eigenvalue weighted by Gasteiger charge is -2.09. The molecule has 0 unspecified atom stereocenters. The van der Waals surface area contributed by atoms with Gasteiger partial charge in [-0.3, -0.25) is 0 Å². The van der Waals surface area contributed by atoms with Gasteiger partial charge in [0.2, 0.25) is 0 Å². The zero-order valence-electron chi connectivity index (χ0n) is 10.0. The summed E-state index contributed by atoms with van der Waals surface area (Å²) in [6.45, 7) is 6.65. The number of anilines is 1. The Morgan fingerprint density at radius 3 is 2.35 bits per heavy atom. The summed E-state index contributed by atoms with van der Waals surface area (Å²) >= 11 is 3.55. The molecule has 1 N–H and O–H groups in total. The number of nitrogens with one attached hydrogen (secondary N) is 1. The molecule has 2 rings (SSSR count). The minimum atomic E-state index is 0.621. The first-order chi connectivity index (χ1) is 8.08.